The normalized spacial score (nSPS) is 20.0. The van der Waals surface area contributed by atoms with Crippen molar-refractivity contribution in [3.05, 3.63) is 47.2 Å². The van der Waals surface area contributed by atoms with Gasteiger partial charge in [-0.05, 0) is 36.8 Å². The highest BCUT2D eigenvalue weighted by Crippen LogP contribution is 2.32. The summed E-state index contributed by atoms with van der Waals surface area (Å²) in [5.41, 5.74) is 8.77. The van der Waals surface area contributed by atoms with Gasteiger partial charge in [0.25, 0.3) is 0 Å². The SMILES string of the molecule is CCC(N)c1nnc(C2CCc3ccccc3C2)o1. The molecule has 0 spiro atoms. The number of hydrogen-bond acceptors (Lipinski definition) is 4. The van der Waals surface area contributed by atoms with Gasteiger partial charge in [-0.15, -0.1) is 10.2 Å². The molecule has 0 saturated carbocycles. The van der Waals surface area contributed by atoms with Crippen LogP contribution in [0.4, 0.5) is 0 Å². The van der Waals surface area contributed by atoms with Crippen LogP contribution in [0.25, 0.3) is 0 Å². The van der Waals surface area contributed by atoms with Crippen molar-refractivity contribution < 1.29 is 4.42 Å². The van der Waals surface area contributed by atoms with E-state index in [0.717, 1.165) is 31.6 Å². The first kappa shape index (κ1) is 12.4. The fourth-order valence-electron chi connectivity index (χ4n) is 2.64. The molecule has 3 rings (SSSR count). The average Bonchev–Trinajstić information content (AvgIpc) is 2.95. The minimum atomic E-state index is -0.142. The Labute approximate surface area is 113 Å². The van der Waals surface area contributed by atoms with Crippen LogP contribution in [0.3, 0.4) is 0 Å². The highest BCUT2D eigenvalue weighted by Gasteiger charge is 2.25. The van der Waals surface area contributed by atoms with Crippen LogP contribution in [0.1, 0.15) is 54.6 Å². The van der Waals surface area contributed by atoms with E-state index in [0.29, 0.717) is 11.8 Å². The number of rotatable bonds is 3. The quantitative estimate of drug-likeness (QED) is 0.918. The molecule has 0 fully saturated rings. The summed E-state index contributed by atoms with van der Waals surface area (Å²) >= 11 is 0. The van der Waals surface area contributed by atoms with Crippen molar-refractivity contribution in [1.82, 2.24) is 10.2 Å². The Kier molecular flexibility index (Phi) is 3.34. The van der Waals surface area contributed by atoms with Gasteiger partial charge in [0, 0.05) is 5.92 Å². The van der Waals surface area contributed by atoms with E-state index in [1.54, 1.807) is 0 Å². The number of benzene rings is 1. The van der Waals surface area contributed by atoms with E-state index in [9.17, 15) is 0 Å². The predicted octanol–water partition coefficient (Wildman–Crippen LogP) is 2.75. The Balaban J connectivity index is 1.79. The van der Waals surface area contributed by atoms with Crippen molar-refractivity contribution in [3.8, 4) is 0 Å². The van der Waals surface area contributed by atoms with Crippen molar-refractivity contribution in [1.29, 1.82) is 0 Å². The molecule has 1 aliphatic rings. The van der Waals surface area contributed by atoms with Crippen molar-refractivity contribution in [2.75, 3.05) is 0 Å². The maximum atomic E-state index is 5.92. The summed E-state index contributed by atoms with van der Waals surface area (Å²) in [5.74, 6) is 1.64. The van der Waals surface area contributed by atoms with Gasteiger partial charge < -0.3 is 10.2 Å². The Morgan fingerprint density at radius 2 is 2.11 bits per heavy atom. The average molecular weight is 257 g/mol. The van der Waals surface area contributed by atoms with Crippen LogP contribution in [0.15, 0.2) is 28.7 Å². The van der Waals surface area contributed by atoms with Gasteiger partial charge in [-0.1, -0.05) is 31.2 Å². The van der Waals surface area contributed by atoms with Crippen LogP contribution in [0, 0.1) is 0 Å². The van der Waals surface area contributed by atoms with Gasteiger partial charge in [0.1, 0.15) is 0 Å². The summed E-state index contributed by atoms with van der Waals surface area (Å²) < 4.78 is 5.74. The second-order valence-electron chi connectivity index (χ2n) is 5.20. The first-order chi connectivity index (χ1) is 9.28. The molecule has 0 amide bonds. The lowest BCUT2D eigenvalue weighted by Crippen LogP contribution is -2.13. The molecular formula is C15H19N3O. The zero-order chi connectivity index (χ0) is 13.2. The number of hydrogen-bond donors (Lipinski definition) is 1. The van der Waals surface area contributed by atoms with Gasteiger partial charge in [-0.2, -0.15) is 0 Å². The second kappa shape index (κ2) is 5.13. The lowest BCUT2D eigenvalue weighted by atomic mass is 9.84. The molecule has 1 aliphatic carbocycles. The molecule has 1 aromatic carbocycles. The van der Waals surface area contributed by atoms with Crippen molar-refractivity contribution in [2.45, 2.75) is 44.6 Å². The van der Waals surface area contributed by atoms with E-state index in [1.165, 1.54) is 11.1 Å². The van der Waals surface area contributed by atoms with Gasteiger partial charge in [0.15, 0.2) is 0 Å². The summed E-state index contributed by atoms with van der Waals surface area (Å²) in [5, 5.41) is 8.26. The van der Waals surface area contributed by atoms with E-state index in [1.807, 2.05) is 6.92 Å². The third-order valence-corrected chi connectivity index (χ3v) is 3.91. The van der Waals surface area contributed by atoms with E-state index in [4.69, 9.17) is 10.2 Å². The van der Waals surface area contributed by atoms with Crippen LogP contribution in [-0.4, -0.2) is 10.2 Å². The highest BCUT2D eigenvalue weighted by molar-refractivity contribution is 5.31. The molecule has 1 aromatic heterocycles. The molecule has 0 radical (unpaired) electrons. The summed E-state index contributed by atoms with van der Waals surface area (Å²) in [6.45, 7) is 2.02. The number of nitrogens with zero attached hydrogens (tertiary/aromatic N) is 2. The Morgan fingerprint density at radius 1 is 1.32 bits per heavy atom. The second-order valence-corrected chi connectivity index (χ2v) is 5.20. The minimum Gasteiger partial charge on any atom is -0.423 e. The van der Waals surface area contributed by atoms with Crippen molar-refractivity contribution >= 4 is 0 Å². The van der Waals surface area contributed by atoms with Crippen LogP contribution in [-0.2, 0) is 12.8 Å². The van der Waals surface area contributed by atoms with Gasteiger partial charge in [0.05, 0.1) is 6.04 Å². The predicted molar refractivity (Wildman–Crippen MR) is 72.7 cm³/mol. The summed E-state index contributed by atoms with van der Waals surface area (Å²) in [7, 11) is 0. The van der Waals surface area contributed by atoms with Gasteiger partial charge in [-0.25, -0.2) is 0 Å². The monoisotopic (exact) mass is 257 g/mol. The fraction of sp³-hybridized carbons (Fsp3) is 0.467. The smallest absolute Gasteiger partial charge is 0.233 e. The molecule has 2 aromatic rings. The molecule has 100 valence electrons. The number of fused-ring (bicyclic) bond motifs is 1. The minimum absolute atomic E-state index is 0.142. The maximum Gasteiger partial charge on any atom is 0.233 e. The third-order valence-electron chi connectivity index (χ3n) is 3.91. The van der Waals surface area contributed by atoms with Gasteiger partial charge >= 0.3 is 0 Å². The van der Waals surface area contributed by atoms with Crippen LogP contribution >= 0.6 is 0 Å². The van der Waals surface area contributed by atoms with Gasteiger partial charge in [0.2, 0.25) is 11.8 Å². The van der Waals surface area contributed by atoms with E-state index in [2.05, 4.69) is 34.5 Å². The Bertz CT molecular complexity index is 564. The van der Waals surface area contributed by atoms with E-state index >= 15 is 0 Å². The first-order valence-corrected chi connectivity index (χ1v) is 6.93. The number of nitrogens with two attached hydrogens (primary N) is 1. The largest absolute Gasteiger partial charge is 0.423 e. The van der Waals surface area contributed by atoms with Crippen molar-refractivity contribution in [2.24, 2.45) is 5.73 Å². The number of aryl methyl sites for hydroxylation is 1. The molecular weight excluding hydrogens is 238 g/mol. The topological polar surface area (TPSA) is 64.9 Å². The molecule has 4 heteroatoms. The molecule has 1 heterocycles. The summed E-state index contributed by atoms with van der Waals surface area (Å²) in [6.07, 6.45) is 3.95. The molecule has 2 N–H and O–H groups in total. The molecule has 0 bridgehead atoms. The molecule has 2 unspecified atom stereocenters. The van der Waals surface area contributed by atoms with Crippen molar-refractivity contribution in [3.63, 3.8) is 0 Å². The van der Waals surface area contributed by atoms with Crippen LogP contribution in [0.5, 0.6) is 0 Å². The van der Waals surface area contributed by atoms with Gasteiger partial charge in [-0.3, -0.25) is 0 Å². The molecule has 4 nitrogen and oxygen atoms in total. The molecule has 0 saturated heterocycles. The standard InChI is InChI=1S/C15H19N3O/c1-2-13(16)15-18-17-14(19-15)12-8-7-10-5-3-4-6-11(10)9-12/h3-6,12-13H,2,7-9,16H2,1H3. The molecule has 0 aliphatic heterocycles. The Morgan fingerprint density at radius 3 is 2.89 bits per heavy atom. The summed E-state index contributed by atoms with van der Waals surface area (Å²) in [4.78, 5) is 0. The number of aromatic nitrogens is 2. The third kappa shape index (κ3) is 2.40. The maximum absolute atomic E-state index is 5.92. The Hall–Kier alpha value is -1.68. The fourth-order valence-corrected chi connectivity index (χ4v) is 2.64. The lowest BCUT2D eigenvalue weighted by Gasteiger charge is -2.21. The van der Waals surface area contributed by atoms with E-state index < -0.39 is 0 Å². The van der Waals surface area contributed by atoms with E-state index in [-0.39, 0.29) is 6.04 Å². The first-order valence-electron chi connectivity index (χ1n) is 6.93. The zero-order valence-electron chi connectivity index (χ0n) is 11.2. The zero-order valence-corrected chi connectivity index (χ0v) is 11.2. The molecule has 2 atom stereocenters. The van der Waals surface area contributed by atoms with Crippen LogP contribution in [0.2, 0.25) is 0 Å². The summed E-state index contributed by atoms with van der Waals surface area (Å²) in [6, 6.07) is 8.45. The van der Waals surface area contributed by atoms with Crippen LogP contribution < -0.4 is 5.73 Å². The molecule has 19 heavy (non-hydrogen) atoms. The lowest BCUT2D eigenvalue weighted by molar-refractivity contribution is 0.374. The highest BCUT2D eigenvalue weighted by atomic mass is 16.4.